The molecule has 2 amide bonds. The lowest BCUT2D eigenvalue weighted by Crippen LogP contribution is -2.46. The lowest BCUT2D eigenvalue weighted by molar-refractivity contribution is -0.130. The van der Waals surface area contributed by atoms with Crippen LogP contribution in [0.4, 0.5) is 13.2 Å². The van der Waals surface area contributed by atoms with Crippen molar-refractivity contribution >= 4 is 11.8 Å². The first-order chi connectivity index (χ1) is 17.8. The van der Waals surface area contributed by atoms with Gasteiger partial charge in [-0.1, -0.05) is 42.5 Å². The highest BCUT2D eigenvalue weighted by Gasteiger charge is 2.37. The summed E-state index contributed by atoms with van der Waals surface area (Å²) in [5.41, 5.74) is 1.80. The molecule has 2 aromatic carbocycles. The molecule has 2 N–H and O–H groups in total. The number of nitrogens with zero attached hydrogens (tertiary/aromatic N) is 1. The van der Waals surface area contributed by atoms with Crippen LogP contribution in [0.15, 0.2) is 54.6 Å². The van der Waals surface area contributed by atoms with Crippen molar-refractivity contribution in [1.29, 1.82) is 0 Å². The van der Waals surface area contributed by atoms with Gasteiger partial charge in [0.25, 0.3) is 0 Å². The topological polar surface area (TPSA) is 61.4 Å². The molecule has 1 heterocycles. The molecule has 0 bridgehead atoms. The minimum atomic E-state index is -2.65. The first kappa shape index (κ1) is 27.2. The van der Waals surface area contributed by atoms with Crippen LogP contribution in [-0.2, 0) is 16.0 Å². The molecular formula is C29H36F3N3O2. The Morgan fingerprint density at radius 2 is 1.59 bits per heavy atom. The third kappa shape index (κ3) is 8.32. The Balaban J connectivity index is 1.24. The Bertz CT molecular complexity index is 1010. The average molecular weight is 516 g/mol. The highest BCUT2D eigenvalue weighted by atomic mass is 19.3. The molecule has 2 aromatic rings. The van der Waals surface area contributed by atoms with Gasteiger partial charge in [0, 0.05) is 44.4 Å². The fraction of sp³-hybridized carbons (Fsp3) is 0.517. The van der Waals surface area contributed by atoms with Crippen molar-refractivity contribution in [3.05, 3.63) is 71.5 Å². The number of alkyl halides is 2. The molecule has 1 unspecified atom stereocenters. The van der Waals surface area contributed by atoms with Crippen molar-refractivity contribution in [3.63, 3.8) is 0 Å². The van der Waals surface area contributed by atoms with Crippen LogP contribution in [0, 0.1) is 11.7 Å². The van der Waals surface area contributed by atoms with E-state index in [1.54, 1.807) is 12.1 Å². The lowest BCUT2D eigenvalue weighted by Gasteiger charge is -2.34. The molecule has 1 atom stereocenters. The molecule has 4 rings (SSSR count). The number of amides is 2. The highest BCUT2D eigenvalue weighted by Crippen LogP contribution is 2.36. The first-order valence-electron chi connectivity index (χ1n) is 13.3. The van der Waals surface area contributed by atoms with Crippen LogP contribution in [0.3, 0.4) is 0 Å². The van der Waals surface area contributed by atoms with Gasteiger partial charge < -0.3 is 15.5 Å². The van der Waals surface area contributed by atoms with Crippen LogP contribution in [-0.4, -0.2) is 48.3 Å². The zero-order chi connectivity index (χ0) is 26.3. The molecule has 8 heteroatoms. The summed E-state index contributed by atoms with van der Waals surface area (Å²) >= 11 is 0. The maximum Gasteiger partial charge on any atom is 0.248 e. The van der Waals surface area contributed by atoms with Crippen LogP contribution in [0.1, 0.15) is 62.1 Å². The molecule has 1 saturated carbocycles. The van der Waals surface area contributed by atoms with Crippen molar-refractivity contribution in [1.82, 2.24) is 15.5 Å². The molecule has 1 aliphatic carbocycles. The fourth-order valence-electron chi connectivity index (χ4n) is 5.28. The number of hydrogen-bond donors (Lipinski definition) is 2. The molecule has 200 valence electrons. The van der Waals surface area contributed by atoms with Crippen LogP contribution in [0.25, 0.3) is 0 Å². The third-order valence-electron chi connectivity index (χ3n) is 7.57. The minimum absolute atomic E-state index is 0.0580. The molecule has 5 nitrogen and oxygen atoms in total. The molecule has 0 radical (unpaired) electrons. The van der Waals surface area contributed by atoms with Gasteiger partial charge in [-0.3, -0.25) is 9.59 Å². The Morgan fingerprint density at radius 1 is 0.946 bits per heavy atom. The van der Waals surface area contributed by atoms with Crippen LogP contribution < -0.4 is 10.6 Å². The van der Waals surface area contributed by atoms with E-state index in [0.717, 1.165) is 50.0 Å². The van der Waals surface area contributed by atoms with Crippen LogP contribution in [0.5, 0.6) is 0 Å². The average Bonchev–Trinajstić information content (AvgIpc) is 2.89. The monoisotopic (exact) mass is 515 g/mol. The van der Waals surface area contributed by atoms with Gasteiger partial charge in [0.2, 0.25) is 17.7 Å². The predicted molar refractivity (Wildman–Crippen MR) is 137 cm³/mol. The SMILES string of the molecule is O=C(Cc1ccc(F)cc1)NC1CCN(CCC(NC(=O)C2CCC(F)(F)CC2)c2ccccc2)CC1. The van der Waals surface area contributed by atoms with E-state index in [1.807, 2.05) is 30.3 Å². The van der Waals surface area contributed by atoms with Gasteiger partial charge in [-0.15, -0.1) is 0 Å². The Hall–Kier alpha value is -2.87. The van der Waals surface area contributed by atoms with Crippen LogP contribution in [0.2, 0.25) is 0 Å². The normalized spacial score (nSPS) is 19.8. The maximum absolute atomic E-state index is 13.5. The molecule has 2 fully saturated rings. The number of benzene rings is 2. The molecule has 1 saturated heterocycles. The summed E-state index contributed by atoms with van der Waals surface area (Å²) < 4.78 is 40.1. The van der Waals surface area contributed by atoms with Gasteiger partial charge in [0.15, 0.2) is 0 Å². The van der Waals surface area contributed by atoms with Crippen molar-refractivity contribution in [2.75, 3.05) is 19.6 Å². The molecule has 2 aliphatic rings. The second kappa shape index (κ2) is 12.6. The van der Waals surface area contributed by atoms with Gasteiger partial charge in [0.1, 0.15) is 5.82 Å². The number of nitrogens with one attached hydrogen (secondary N) is 2. The number of piperidine rings is 1. The van der Waals surface area contributed by atoms with E-state index in [9.17, 15) is 22.8 Å². The number of hydrogen-bond acceptors (Lipinski definition) is 3. The quantitative estimate of drug-likeness (QED) is 0.493. The van der Waals surface area contributed by atoms with E-state index in [-0.39, 0.29) is 67.7 Å². The Morgan fingerprint density at radius 3 is 2.24 bits per heavy atom. The maximum atomic E-state index is 13.5. The first-order valence-corrected chi connectivity index (χ1v) is 13.3. The van der Waals surface area contributed by atoms with Gasteiger partial charge >= 0.3 is 0 Å². The zero-order valence-electron chi connectivity index (χ0n) is 21.1. The standard InChI is InChI=1S/C29H36F3N3O2/c30-24-8-6-21(7-9-24)20-27(36)33-25-12-17-35(18-13-25)19-14-26(22-4-2-1-3-5-22)34-28(37)23-10-15-29(31,32)16-11-23/h1-9,23,25-26H,10-20H2,(H,33,36)(H,34,37). The molecular weight excluding hydrogens is 479 g/mol. The molecule has 0 spiro atoms. The largest absolute Gasteiger partial charge is 0.353 e. The van der Waals surface area contributed by atoms with Crippen molar-refractivity contribution in [2.45, 2.75) is 69.4 Å². The van der Waals surface area contributed by atoms with Crippen LogP contribution >= 0.6 is 0 Å². The summed E-state index contributed by atoms with van der Waals surface area (Å²) in [5.74, 6) is -3.52. The summed E-state index contributed by atoms with van der Waals surface area (Å²) in [5, 5.41) is 6.23. The van der Waals surface area contributed by atoms with E-state index < -0.39 is 5.92 Å². The fourth-order valence-corrected chi connectivity index (χ4v) is 5.28. The Kier molecular flexibility index (Phi) is 9.24. The minimum Gasteiger partial charge on any atom is -0.353 e. The summed E-state index contributed by atoms with van der Waals surface area (Å²) in [6, 6.07) is 15.7. The predicted octanol–water partition coefficient (Wildman–Crippen LogP) is 5.02. The number of carbonyl (C=O) groups is 2. The Labute approximate surface area is 216 Å². The van der Waals surface area contributed by atoms with E-state index in [1.165, 1.54) is 12.1 Å². The smallest absolute Gasteiger partial charge is 0.248 e. The second-order valence-electron chi connectivity index (χ2n) is 10.4. The van der Waals surface area contributed by atoms with Crippen molar-refractivity contribution in [3.8, 4) is 0 Å². The van der Waals surface area contributed by atoms with Crippen molar-refractivity contribution < 1.29 is 22.8 Å². The molecule has 0 aromatic heterocycles. The van der Waals surface area contributed by atoms with E-state index in [4.69, 9.17) is 0 Å². The van der Waals surface area contributed by atoms with E-state index in [2.05, 4.69) is 15.5 Å². The second-order valence-corrected chi connectivity index (χ2v) is 10.4. The number of carbonyl (C=O) groups excluding carboxylic acids is 2. The summed E-state index contributed by atoms with van der Waals surface area (Å²) in [6.45, 7) is 2.47. The van der Waals surface area contributed by atoms with E-state index in [0.29, 0.717) is 0 Å². The van der Waals surface area contributed by atoms with Gasteiger partial charge in [-0.25, -0.2) is 13.2 Å². The van der Waals surface area contributed by atoms with Gasteiger partial charge in [-0.2, -0.15) is 0 Å². The number of halogens is 3. The summed E-state index contributed by atoms with van der Waals surface area (Å²) in [6.07, 6.45) is 2.63. The molecule has 1 aliphatic heterocycles. The summed E-state index contributed by atoms with van der Waals surface area (Å²) in [4.78, 5) is 27.6. The molecule has 37 heavy (non-hydrogen) atoms. The summed E-state index contributed by atoms with van der Waals surface area (Å²) in [7, 11) is 0. The number of likely N-dealkylation sites (tertiary alicyclic amines) is 1. The third-order valence-corrected chi connectivity index (χ3v) is 7.57. The zero-order valence-corrected chi connectivity index (χ0v) is 21.1. The van der Waals surface area contributed by atoms with E-state index >= 15 is 0 Å². The van der Waals surface area contributed by atoms with Gasteiger partial charge in [0.05, 0.1) is 12.5 Å². The van der Waals surface area contributed by atoms with Crippen molar-refractivity contribution in [2.24, 2.45) is 5.92 Å². The lowest BCUT2D eigenvalue weighted by atomic mass is 9.86. The van der Waals surface area contributed by atoms with Gasteiger partial charge in [-0.05, 0) is 55.4 Å². The number of rotatable bonds is 9. The highest BCUT2D eigenvalue weighted by molar-refractivity contribution is 5.79.